The molecule has 0 saturated carbocycles. The smallest absolute Gasteiger partial charge is 0.320 e. The van der Waals surface area contributed by atoms with Gasteiger partial charge in [0, 0.05) is 6.54 Å². The molecule has 0 spiro atoms. The van der Waals surface area contributed by atoms with Crippen molar-refractivity contribution < 1.29 is 9.90 Å². The van der Waals surface area contributed by atoms with E-state index in [1.165, 1.54) is 0 Å². The molecule has 2 radical (unpaired) electrons. The summed E-state index contributed by atoms with van der Waals surface area (Å²) in [5.74, 6) is -1.18. The summed E-state index contributed by atoms with van der Waals surface area (Å²) in [6.07, 6.45) is 0.438. The van der Waals surface area contributed by atoms with Gasteiger partial charge in [0.25, 0.3) is 0 Å². The van der Waals surface area contributed by atoms with Gasteiger partial charge in [-0.15, -0.1) is 5.73 Å². The fraction of sp³-hybridized carbons (Fsp3) is 0.833. The molecule has 0 saturated heterocycles. The predicted octanol–water partition coefficient (Wildman–Crippen LogP) is -0.507. The number of carbonyl (C=O) groups is 1. The molecule has 0 aromatic carbocycles. The minimum Gasteiger partial charge on any atom is -0.480 e. The molecule has 4 heteroatoms. The molecule has 2 unspecified atom stereocenters. The average Bonchev–Trinajstić information content (AvgIpc) is 1.87. The number of carboxylic acid groups (broad SMARTS) is 1. The molecule has 0 aliphatic rings. The number of aliphatic carboxylic acids is 1. The summed E-state index contributed by atoms with van der Waals surface area (Å²) in [5, 5.41) is 8.37. The molecule has 0 aromatic rings. The lowest BCUT2D eigenvalue weighted by atomic mass is 10.00. The molecule has 0 aliphatic heterocycles. The molecule has 0 bridgehead atoms. The van der Waals surface area contributed by atoms with Crippen LogP contribution >= 0.6 is 0 Å². The maximum absolute atomic E-state index is 10.2. The fourth-order valence-corrected chi connectivity index (χ4v) is 0.627. The van der Waals surface area contributed by atoms with Gasteiger partial charge in [0.15, 0.2) is 0 Å². The van der Waals surface area contributed by atoms with Gasteiger partial charge in [0.1, 0.15) is 6.04 Å². The van der Waals surface area contributed by atoms with Gasteiger partial charge in [0.05, 0.1) is 0 Å². The van der Waals surface area contributed by atoms with E-state index in [-0.39, 0.29) is 12.5 Å². The van der Waals surface area contributed by atoms with Crippen molar-refractivity contribution in [1.29, 1.82) is 0 Å². The second-order valence-corrected chi connectivity index (χ2v) is 2.35. The first-order chi connectivity index (χ1) is 4.59. The van der Waals surface area contributed by atoms with Crippen LogP contribution < -0.4 is 11.5 Å². The molecular formula is C6H12N2O2. The molecule has 3 N–H and O–H groups in total. The van der Waals surface area contributed by atoms with Crippen molar-refractivity contribution in [3.05, 3.63) is 0 Å². The zero-order valence-corrected chi connectivity index (χ0v) is 5.95. The molecular weight excluding hydrogens is 132 g/mol. The third-order valence-electron chi connectivity index (χ3n) is 1.48. The predicted molar refractivity (Wildman–Crippen MR) is 36.4 cm³/mol. The number of nitrogens with zero attached hydrogens (tertiary/aromatic N) is 1. The summed E-state index contributed by atoms with van der Waals surface area (Å²) in [4.78, 5) is 10.2. The second kappa shape index (κ2) is 4.24. The Hall–Kier alpha value is -0.610. The molecule has 0 aliphatic carbocycles. The van der Waals surface area contributed by atoms with Crippen molar-refractivity contribution >= 4 is 5.97 Å². The number of hydrogen-bond donors (Lipinski definition) is 2. The Bertz CT molecular complexity index is 116. The third kappa shape index (κ3) is 2.80. The number of carboxylic acids is 1. The normalized spacial score (nSPS) is 16.3. The largest absolute Gasteiger partial charge is 0.480 e. The Morgan fingerprint density at radius 3 is 2.60 bits per heavy atom. The van der Waals surface area contributed by atoms with Crippen LogP contribution in [0, 0.1) is 5.92 Å². The molecule has 0 amide bonds. The van der Waals surface area contributed by atoms with Gasteiger partial charge < -0.3 is 10.8 Å². The second-order valence-electron chi connectivity index (χ2n) is 2.35. The Balaban J connectivity index is 3.69. The van der Waals surface area contributed by atoms with Crippen molar-refractivity contribution in [2.45, 2.75) is 19.4 Å². The van der Waals surface area contributed by atoms with Gasteiger partial charge in [-0.1, -0.05) is 6.92 Å². The maximum Gasteiger partial charge on any atom is 0.320 e. The first-order valence-corrected chi connectivity index (χ1v) is 3.18. The summed E-state index contributed by atoms with van der Waals surface area (Å²) in [7, 11) is 0. The van der Waals surface area contributed by atoms with Crippen LogP contribution in [0.4, 0.5) is 0 Å². The SMILES string of the molecule is CC(CC[N])C(N)C(=O)O. The van der Waals surface area contributed by atoms with Gasteiger partial charge in [-0.25, -0.2) is 0 Å². The summed E-state index contributed by atoms with van der Waals surface area (Å²) in [6, 6.07) is -0.854. The Morgan fingerprint density at radius 2 is 2.30 bits per heavy atom. The standard InChI is InChI=1S/C6H12N2O2/c1-4(2-3-7)5(8)6(9)10/h4-5H,2-3,8H2,1H3,(H,9,10). The summed E-state index contributed by atoms with van der Waals surface area (Å²) < 4.78 is 0. The highest BCUT2D eigenvalue weighted by molar-refractivity contribution is 5.73. The zero-order valence-electron chi connectivity index (χ0n) is 5.95. The van der Waals surface area contributed by atoms with Gasteiger partial charge in [-0.05, 0) is 12.3 Å². The molecule has 58 valence electrons. The van der Waals surface area contributed by atoms with Crippen molar-refractivity contribution in [1.82, 2.24) is 5.73 Å². The Morgan fingerprint density at radius 1 is 1.80 bits per heavy atom. The summed E-state index contributed by atoms with van der Waals surface area (Å²) >= 11 is 0. The first kappa shape index (κ1) is 9.39. The van der Waals surface area contributed by atoms with E-state index in [0.29, 0.717) is 6.42 Å². The van der Waals surface area contributed by atoms with E-state index >= 15 is 0 Å². The molecule has 4 nitrogen and oxygen atoms in total. The Kier molecular flexibility index (Phi) is 3.99. The fourth-order valence-electron chi connectivity index (χ4n) is 0.627. The van der Waals surface area contributed by atoms with Crippen LogP contribution in [-0.4, -0.2) is 23.7 Å². The summed E-state index contributed by atoms with van der Waals surface area (Å²) in [6.45, 7) is 1.69. The monoisotopic (exact) mass is 144 g/mol. The van der Waals surface area contributed by atoms with E-state index in [9.17, 15) is 4.79 Å². The molecule has 0 aromatic heterocycles. The van der Waals surface area contributed by atoms with Gasteiger partial charge in [-0.2, -0.15) is 0 Å². The van der Waals surface area contributed by atoms with E-state index in [2.05, 4.69) is 0 Å². The highest BCUT2D eigenvalue weighted by Crippen LogP contribution is 2.04. The van der Waals surface area contributed by atoms with E-state index in [1.54, 1.807) is 6.92 Å². The van der Waals surface area contributed by atoms with Crippen molar-refractivity contribution in [2.24, 2.45) is 11.7 Å². The Labute approximate surface area is 60.2 Å². The van der Waals surface area contributed by atoms with Crippen LogP contribution in [0.15, 0.2) is 0 Å². The van der Waals surface area contributed by atoms with Crippen LogP contribution in [0.2, 0.25) is 0 Å². The van der Waals surface area contributed by atoms with Crippen LogP contribution in [0.3, 0.4) is 0 Å². The molecule has 0 rings (SSSR count). The molecule has 0 fully saturated rings. The van der Waals surface area contributed by atoms with Gasteiger partial charge in [0.2, 0.25) is 0 Å². The van der Waals surface area contributed by atoms with E-state index in [4.69, 9.17) is 16.6 Å². The van der Waals surface area contributed by atoms with E-state index < -0.39 is 12.0 Å². The number of nitrogens with two attached hydrogens (primary N) is 1. The minimum absolute atomic E-state index is 0.0118. The highest BCUT2D eigenvalue weighted by Gasteiger charge is 2.18. The average molecular weight is 144 g/mol. The maximum atomic E-state index is 10.2. The third-order valence-corrected chi connectivity index (χ3v) is 1.48. The highest BCUT2D eigenvalue weighted by atomic mass is 16.4. The lowest BCUT2D eigenvalue weighted by Gasteiger charge is -2.13. The van der Waals surface area contributed by atoms with Crippen molar-refractivity contribution in [3.8, 4) is 0 Å². The quantitative estimate of drug-likeness (QED) is 0.557. The first-order valence-electron chi connectivity index (χ1n) is 3.18. The van der Waals surface area contributed by atoms with Gasteiger partial charge >= 0.3 is 5.97 Å². The molecule has 10 heavy (non-hydrogen) atoms. The number of hydrogen-bond acceptors (Lipinski definition) is 2. The van der Waals surface area contributed by atoms with Gasteiger partial charge in [-0.3, -0.25) is 4.79 Å². The molecule has 0 heterocycles. The van der Waals surface area contributed by atoms with Crippen molar-refractivity contribution in [2.75, 3.05) is 6.54 Å². The van der Waals surface area contributed by atoms with Crippen LogP contribution in [0.1, 0.15) is 13.3 Å². The van der Waals surface area contributed by atoms with Crippen molar-refractivity contribution in [3.63, 3.8) is 0 Å². The minimum atomic E-state index is -1.01. The van der Waals surface area contributed by atoms with E-state index in [0.717, 1.165) is 0 Å². The zero-order chi connectivity index (χ0) is 8.15. The lowest BCUT2D eigenvalue weighted by Crippen LogP contribution is -2.36. The molecule has 2 atom stereocenters. The topological polar surface area (TPSA) is 85.6 Å². The van der Waals surface area contributed by atoms with Crippen LogP contribution in [0.25, 0.3) is 0 Å². The van der Waals surface area contributed by atoms with E-state index in [1.807, 2.05) is 0 Å². The summed E-state index contributed by atoms with van der Waals surface area (Å²) in [5.41, 5.74) is 13.7. The number of rotatable bonds is 4. The van der Waals surface area contributed by atoms with Crippen LogP contribution in [-0.2, 0) is 4.79 Å². The van der Waals surface area contributed by atoms with Crippen LogP contribution in [0.5, 0.6) is 0 Å². The lowest BCUT2D eigenvalue weighted by molar-refractivity contribution is -0.139.